The molecule has 0 fully saturated rings. The van der Waals surface area contributed by atoms with E-state index in [2.05, 4.69) is 51.7 Å². The number of fused-ring (bicyclic) bond motifs is 3. The van der Waals surface area contributed by atoms with Crippen molar-refractivity contribution in [2.24, 2.45) is 0 Å². The number of para-hydroxylation sites is 3. The molecule has 9 heteroatoms. The van der Waals surface area contributed by atoms with Gasteiger partial charge in [-0.1, -0.05) is 214 Å². The Morgan fingerprint density at radius 2 is 0.570 bits per heavy atom. The standard InChI is InChI=1S/3C25H22N2O.2CH4/c3*1-18-10-12-19(13-11-18)25(27-22-8-3-2-4-9-22)24(28)16-20-6-5-7-21-17-26-15-14-23(20)21;;/h3*2-15,17,25,27H,16H2,1H3;2*1H4/t2*25-;;;/m10.../s1. The zero-order valence-corrected chi connectivity index (χ0v) is 47.4. The first-order valence-electron chi connectivity index (χ1n) is 28.3. The highest BCUT2D eigenvalue weighted by Gasteiger charge is 2.24. The quantitative estimate of drug-likeness (QED) is 0.0770. The molecule has 0 aliphatic rings. The number of Topliss-reactive ketones (excluding diaryl/α,β-unsaturated/α-hetero) is 3. The summed E-state index contributed by atoms with van der Waals surface area (Å²) in [6, 6.07) is 76.9. The van der Waals surface area contributed by atoms with Gasteiger partial charge in [0.15, 0.2) is 17.3 Å². The number of hydrogen-bond acceptors (Lipinski definition) is 9. The van der Waals surface area contributed by atoms with Crippen LogP contribution in [0.25, 0.3) is 32.3 Å². The Morgan fingerprint density at radius 1 is 0.314 bits per heavy atom. The van der Waals surface area contributed by atoms with Crippen LogP contribution in [0.3, 0.4) is 0 Å². The van der Waals surface area contributed by atoms with Crippen molar-refractivity contribution in [2.45, 2.75) is 73.0 Å². The van der Waals surface area contributed by atoms with Crippen molar-refractivity contribution in [3.63, 3.8) is 0 Å². The Kier molecular flexibility index (Phi) is 21.7. The van der Waals surface area contributed by atoms with Gasteiger partial charge in [0.05, 0.1) is 0 Å². The number of nitrogens with one attached hydrogen (secondary N) is 3. The number of benzene rings is 9. The van der Waals surface area contributed by atoms with Crippen molar-refractivity contribution in [1.29, 1.82) is 0 Å². The molecule has 0 radical (unpaired) electrons. The molecular formula is C77H74N6O3. The van der Waals surface area contributed by atoms with Crippen LogP contribution in [0.15, 0.2) is 274 Å². The maximum Gasteiger partial charge on any atom is 0.163 e. The van der Waals surface area contributed by atoms with Crippen molar-refractivity contribution in [2.75, 3.05) is 16.0 Å². The van der Waals surface area contributed by atoms with Crippen LogP contribution >= 0.6 is 0 Å². The van der Waals surface area contributed by atoms with Gasteiger partial charge in [-0.2, -0.15) is 0 Å². The topological polar surface area (TPSA) is 126 Å². The van der Waals surface area contributed by atoms with Crippen LogP contribution in [-0.2, 0) is 33.6 Å². The van der Waals surface area contributed by atoms with Gasteiger partial charge in [-0.25, -0.2) is 0 Å². The summed E-state index contributed by atoms with van der Waals surface area (Å²) in [7, 11) is 0. The lowest BCUT2D eigenvalue weighted by Gasteiger charge is -2.20. The molecule has 0 saturated heterocycles. The van der Waals surface area contributed by atoms with E-state index in [0.29, 0.717) is 19.3 Å². The molecule has 86 heavy (non-hydrogen) atoms. The Morgan fingerprint density at radius 3 is 0.826 bits per heavy atom. The van der Waals surface area contributed by atoms with Crippen molar-refractivity contribution in [1.82, 2.24) is 15.0 Å². The van der Waals surface area contributed by atoms with E-state index < -0.39 is 18.1 Å². The summed E-state index contributed by atoms with van der Waals surface area (Å²) >= 11 is 0. The predicted molar refractivity (Wildman–Crippen MR) is 357 cm³/mol. The molecule has 9 aromatic carbocycles. The summed E-state index contributed by atoms with van der Waals surface area (Å²) in [4.78, 5) is 52.7. The second-order valence-corrected chi connectivity index (χ2v) is 21.0. The maximum atomic E-state index is 13.4. The van der Waals surface area contributed by atoms with Crippen LogP contribution < -0.4 is 16.0 Å². The average Bonchev–Trinajstić information content (AvgIpc) is 3.08. The van der Waals surface area contributed by atoms with Crippen LogP contribution in [0.1, 0.15) is 83.0 Å². The van der Waals surface area contributed by atoms with Crippen LogP contribution in [-0.4, -0.2) is 32.3 Å². The van der Waals surface area contributed by atoms with E-state index in [0.717, 1.165) is 82.8 Å². The number of nitrogens with zero attached hydrogens (tertiary/aromatic N) is 3. The minimum atomic E-state index is -0.403. The molecule has 0 aliphatic carbocycles. The molecule has 0 bridgehead atoms. The molecule has 0 amide bonds. The molecule has 3 aromatic heterocycles. The van der Waals surface area contributed by atoms with Gasteiger partial charge < -0.3 is 16.0 Å². The SMILES string of the molecule is C.C.Cc1ccc(C(Nc2ccccc2)C(=O)Cc2cccc3cnccc23)cc1.Cc1ccc([C@@H](Nc2ccccc2)C(=O)Cc2cccc3cnccc23)cc1.Cc1ccc([C@H](Nc2ccccc2)C(=O)Cc2cccc3cnccc23)cc1. The summed E-state index contributed by atoms with van der Waals surface area (Å²) < 4.78 is 0. The third-order valence-electron chi connectivity index (χ3n) is 14.9. The van der Waals surface area contributed by atoms with Gasteiger partial charge in [0, 0.05) is 89.7 Å². The normalized spacial score (nSPS) is 11.6. The molecule has 430 valence electrons. The number of carbonyl (C=O) groups excluding carboxylic acids is 3. The van der Waals surface area contributed by atoms with E-state index >= 15 is 0 Å². The Balaban J connectivity index is 0.000000166. The highest BCUT2D eigenvalue weighted by Crippen LogP contribution is 2.29. The largest absolute Gasteiger partial charge is 0.372 e. The van der Waals surface area contributed by atoms with Crippen molar-refractivity contribution >= 4 is 66.7 Å². The van der Waals surface area contributed by atoms with Crippen LogP contribution in [0.2, 0.25) is 0 Å². The number of aromatic nitrogens is 3. The molecule has 3 N–H and O–H groups in total. The highest BCUT2D eigenvalue weighted by atomic mass is 16.1. The number of ketones is 3. The number of carbonyl (C=O) groups is 3. The first kappa shape index (κ1) is 61.7. The fourth-order valence-corrected chi connectivity index (χ4v) is 10.3. The third-order valence-corrected chi connectivity index (χ3v) is 14.9. The summed E-state index contributed by atoms with van der Waals surface area (Å²) in [5, 5.41) is 16.6. The van der Waals surface area contributed by atoms with Gasteiger partial charge in [0.1, 0.15) is 18.1 Å². The zero-order chi connectivity index (χ0) is 58.0. The Bertz CT molecular complexity index is 3680. The van der Waals surface area contributed by atoms with Gasteiger partial charge in [-0.05, 0) is 125 Å². The first-order chi connectivity index (χ1) is 41.1. The summed E-state index contributed by atoms with van der Waals surface area (Å²) in [6.07, 6.45) is 11.9. The molecule has 3 atom stereocenters. The summed E-state index contributed by atoms with van der Waals surface area (Å²) in [6.45, 7) is 6.15. The molecule has 1 unspecified atom stereocenters. The zero-order valence-electron chi connectivity index (χ0n) is 47.4. The number of aryl methyl sites for hydroxylation is 3. The van der Waals surface area contributed by atoms with Crippen LogP contribution in [0.4, 0.5) is 17.1 Å². The van der Waals surface area contributed by atoms with Crippen LogP contribution in [0.5, 0.6) is 0 Å². The van der Waals surface area contributed by atoms with Crippen molar-refractivity contribution < 1.29 is 14.4 Å². The Labute approximate surface area is 506 Å². The van der Waals surface area contributed by atoms with E-state index in [1.165, 1.54) is 16.7 Å². The minimum Gasteiger partial charge on any atom is -0.372 e. The minimum absolute atomic E-state index is 0. The smallest absolute Gasteiger partial charge is 0.163 e. The molecule has 12 rings (SSSR count). The number of hydrogen-bond donors (Lipinski definition) is 3. The molecule has 12 aromatic rings. The van der Waals surface area contributed by atoms with Crippen LogP contribution in [0, 0.1) is 20.8 Å². The van der Waals surface area contributed by atoms with Gasteiger partial charge in [0.2, 0.25) is 0 Å². The Hall–Kier alpha value is -10.4. The number of pyridine rings is 3. The molecule has 3 heterocycles. The lowest BCUT2D eigenvalue weighted by molar-refractivity contribution is -0.120. The van der Waals surface area contributed by atoms with Gasteiger partial charge in [0.25, 0.3) is 0 Å². The van der Waals surface area contributed by atoms with Crippen molar-refractivity contribution in [3.05, 3.63) is 324 Å². The van der Waals surface area contributed by atoms with Crippen molar-refractivity contribution in [3.8, 4) is 0 Å². The lowest BCUT2D eigenvalue weighted by atomic mass is 9.94. The van der Waals surface area contributed by atoms with E-state index in [9.17, 15) is 14.4 Å². The van der Waals surface area contributed by atoms with E-state index in [1.807, 2.05) is 255 Å². The number of anilines is 3. The molecule has 0 saturated carbocycles. The average molecular weight is 1130 g/mol. The van der Waals surface area contributed by atoms with Gasteiger partial charge in [-0.3, -0.25) is 29.3 Å². The lowest BCUT2D eigenvalue weighted by Crippen LogP contribution is -2.23. The highest BCUT2D eigenvalue weighted by molar-refractivity contribution is 5.97. The second kappa shape index (κ2) is 30.3. The van der Waals surface area contributed by atoms with E-state index in [-0.39, 0.29) is 32.2 Å². The summed E-state index contributed by atoms with van der Waals surface area (Å²) in [5.41, 5.74) is 12.3. The predicted octanol–water partition coefficient (Wildman–Crippen LogP) is 17.8. The molecule has 9 nitrogen and oxygen atoms in total. The van der Waals surface area contributed by atoms with Gasteiger partial charge in [-0.15, -0.1) is 0 Å². The second-order valence-electron chi connectivity index (χ2n) is 21.0. The molecular weight excluding hydrogens is 1060 g/mol. The van der Waals surface area contributed by atoms with E-state index in [4.69, 9.17) is 0 Å². The first-order valence-corrected chi connectivity index (χ1v) is 28.3. The third kappa shape index (κ3) is 16.2. The monoisotopic (exact) mass is 1130 g/mol. The molecule has 0 spiro atoms. The van der Waals surface area contributed by atoms with Gasteiger partial charge >= 0.3 is 0 Å². The fourth-order valence-electron chi connectivity index (χ4n) is 10.3. The number of rotatable bonds is 18. The maximum absolute atomic E-state index is 13.4. The van der Waals surface area contributed by atoms with E-state index in [1.54, 1.807) is 18.6 Å². The molecule has 0 aliphatic heterocycles. The fraction of sp³-hybridized carbons (Fsp3) is 0.143. The summed E-state index contributed by atoms with van der Waals surface area (Å²) in [5.74, 6) is 0.408.